The fourth-order valence-corrected chi connectivity index (χ4v) is 4.58. The van der Waals surface area contributed by atoms with Gasteiger partial charge in [0.15, 0.2) is 0 Å². The average molecular weight is 437 g/mol. The van der Waals surface area contributed by atoms with Crippen molar-refractivity contribution >= 4 is 11.8 Å². The quantitative estimate of drug-likeness (QED) is 0.754. The molecule has 0 aliphatic carbocycles. The van der Waals surface area contributed by atoms with Crippen LogP contribution >= 0.6 is 0 Å². The predicted molar refractivity (Wildman–Crippen MR) is 122 cm³/mol. The molecule has 32 heavy (non-hydrogen) atoms. The van der Waals surface area contributed by atoms with Gasteiger partial charge in [0, 0.05) is 31.1 Å². The molecular formula is C26H32N2O4. The van der Waals surface area contributed by atoms with E-state index in [0.29, 0.717) is 32.7 Å². The third-order valence-electron chi connectivity index (χ3n) is 6.44. The van der Waals surface area contributed by atoms with Crippen LogP contribution in [0.4, 0.5) is 0 Å². The van der Waals surface area contributed by atoms with Gasteiger partial charge in [0.25, 0.3) is 0 Å². The molecule has 0 bridgehead atoms. The number of ether oxygens (including phenoxy) is 1. The number of hydrogen-bond donors (Lipinski definition) is 1. The van der Waals surface area contributed by atoms with Gasteiger partial charge in [0.2, 0.25) is 11.8 Å². The number of fused-ring (bicyclic) bond motifs is 1. The van der Waals surface area contributed by atoms with Crippen molar-refractivity contribution in [1.29, 1.82) is 0 Å². The molecule has 2 atom stereocenters. The highest BCUT2D eigenvalue weighted by Gasteiger charge is 2.38. The predicted octanol–water partition coefficient (Wildman–Crippen LogP) is 3.33. The Morgan fingerprint density at radius 3 is 2.69 bits per heavy atom. The Morgan fingerprint density at radius 1 is 1.19 bits per heavy atom. The minimum atomic E-state index is -0.583. The highest BCUT2D eigenvalue weighted by molar-refractivity contribution is 5.89. The molecule has 2 amide bonds. The van der Waals surface area contributed by atoms with Gasteiger partial charge in [-0.1, -0.05) is 36.4 Å². The highest BCUT2D eigenvalue weighted by atomic mass is 16.5. The van der Waals surface area contributed by atoms with Gasteiger partial charge in [-0.2, -0.15) is 0 Å². The normalized spacial score (nSPS) is 19.5. The molecule has 170 valence electrons. The Morgan fingerprint density at radius 2 is 1.97 bits per heavy atom. The second kappa shape index (κ2) is 9.74. The molecule has 1 N–H and O–H groups in total. The minimum Gasteiger partial charge on any atom is -0.491 e. The second-order valence-electron chi connectivity index (χ2n) is 9.06. The van der Waals surface area contributed by atoms with E-state index in [9.17, 15) is 14.7 Å². The fourth-order valence-electron chi connectivity index (χ4n) is 4.58. The van der Waals surface area contributed by atoms with Crippen molar-refractivity contribution in [2.75, 3.05) is 19.7 Å². The van der Waals surface area contributed by atoms with E-state index in [-0.39, 0.29) is 30.2 Å². The molecule has 2 aliphatic heterocycles. The summed E-state index contributed by atoms with van der Waals surface area (Å²) in [5, 5.41) is 10.7. The smallest absolute Gasteiger partial charge is 0.228 e. The van der Waals surface area contributed by atoms with Crippen LogP contribution in [0.1, 0.15) is 49.5 Å². The van der Waals surface area contributed by atoms with Crippen LogP contribution in [0.5, 0.6) is 5.75 Å². The summed E-state index contributed by atoms with van der Waals surface area (Å²) in [4.78, 5) is 29.0. The SMILES string of the molecule is CC(C)N1CC(C(=O)N2CCOc3ccc(C(O)CCc4ccccc4)cc3C2)CC1=O. The molecule has 0 aromatic heterocycles. The number of carbonyl (C=O) groups is 2. The molecule has 1 saturated heterocycles. The number of amides is 2. The van der Waals surface area contributed by atoms with E-state index in [1.54, 1.807) is 9.80 Å². The number of aliphatic hydroxyl groups excluding tert-OH is 1. The van der Waals surface area contributed by atoms with Crippen molar-refractivity contribution in [3.63, 3.8) is 0 Å². The van der Waals surface area contributed by atoms with E-state index >= 15 is 0 Å². The first kappa shape index (κ1) is 22.3. The Hall–Kier alpha value is -2.86. The first-order chi connectivity index (χ1) is 15.4. The molecule has 0 radical (unpaired) electrons. The standard InChI is InChI=1S/C26H32N2O4/c1-18(2)28-17-22(15-25(28)30)26(31)27-12-13-32-24-11-9-20(14-21(24)16-27)23(29)10-8-19-6-4-3-5-7-19/h3-7,9,11,14,18,22-23,29H,8,10,12-13,15-17H2,1-2H3. The molecule has 1 fully saturated rings. The van der Waals surface area contributed by atoms with E-state index in [1.165, 1.54) is 5.56 Å². The molecule has 2 unspecified atom stereocenters. The zero-order valence-corrected chi connectivity index (χ0v) is 18.9. The van der Waals surface area contributed by atoms with Gasteiger partial charge in [-0.05, 0) is 49.9 Å². The van der Waals surface area contributed by atoms with E-state index in [0.717, 1.165) is 23.3 Å². The monoisotopic (exact) mass is 436 g/mol. The van der Waals surface area contributed by atoms with Crippen LogP contribution in [-0.2, 0) is 22.6 Å². The maximum absolute atomic E-state index is 13.2. The lowest BCUT2D eigenvalue weighted by atomic mass is 9.99. The van der Waals surface area contributed by atoms with Gasteiger partial charge in [-0.15, -0.1) is 0 Å². The molecule has 0 spiro atoms. The first-order valence-corrected chi connectivity index (χ1v) is 11.5. The lowest BCUT2D eigenvalue weighted by molar-refractivity contribution is -0.136. The summed E-state index contributed by atoms with van der Waals surface area (Å²) in [7, 11) is 0. The summed E-state index contributed by atoms with van der Waals surface area (Å²) in [5.74, 6) is 0.512. The maximum Gasteiger partial charge on any atom is 0.228 e. The Labute approximate surface area is 189 Å². The largest absolute Gasteiger partial charge is 0.491 e. The molecule has 2 aliphatic rings. The summed E-state index contributed by atoms with van der Waals surface area (Å²) in [6.45, 7) is 5.78. The van der Waals surface area contributed by atoms with Crippen molar-refractivity contribution in [2.45, 2.75) is 51.8 Å². The molecule has 0 saturated carbocycles. The zero-order chi connectivity index (χ0) is 22.7. The Kier molecular flexibility index (Phi) is 6.80. The van der Waals surface area contributed by atoms with Gasteiger partial charge < -0.3 is 19.6 Å². The van der Waals surface area contributed by atoms with Crippen LogP contribution in [0, 0.1) is 5.92 Å². The van der Waals surface area contributed by atoms with Crippen molar-refractivity contribution in [3.05, 3.63) is 65.2 Å². The molecular weight excluding hydrogens is 404 g/mol. The molecule has 2 aromatic carbocycles. The Bertz CT molecular complexity index is 960. The number of carbonyl (C=O) groups excluding carboxylic acids is 2. The first-order valence-electron chi connectivity index (χ1n) is 11.5. The molecule has 6 nitrogen and oxygen atoms in total. The number of hydrogen-bond acceptors (Lipinski definition) is 4. The molecule has 2 heterocycles. The zero-order valence-electron chi connectivity index (χ0n) is 18.9. The van der Waals surface area contributed by atoms with Crippen molar-refractivity contribution in [2.24, 2.45) is 5.92 Å². The van der Waals surface area contributed by atoms with Crippen LogP contribution in [0.15, 0.2) is 48.5 Å². The lowest BCUT2D eigenvalue weighted by Crippen LogP contribution is -2.39. The third-order valence-corrected chi connectivity index (χ3v) is 6.44. The molecule has 6 heteroatoms. The molecule has 4 rings (SSSR count). The highest BCUT2D eigenvalue weighted by Crippen LogP contribution is 2.30. The summed E-state index contributed by atoms with van der Waals surface area (Å²) >= 11 is 0. The van der Waals surface area contributed by atoms with E-state index in [4.69, 9.17) is 4.74 Å². The Balaban J connectivity index is 1.44. The van der Waals surface area contributed by atoms with Gasteiger partial charge in [0.05, 0.1) is 18.6 Å². The van der Waals surface area contributed by atoms with Crippen LogP contribution in [0.3, 0.4) is 0 Å². The summed E-state index contributed by atoms with van der Waals surface area (Å²) < 4.78 is 5.88. The van der Waals surface area contributed by atoms with Gasteiger partial charge in [-0.3, -0.25) is 9.59 Å². The van der Waals surface area contributed by atoms with Gasteiger partial charge >= 0.3 is 0 Å². The van der Waals surface area contributed by atoms with E-state index in [2.05, 4.69) is 12.1 Å². The number of nitrogens with zero attached hydrogens (tertiary/aromatic N) is 2. The van der Waals surface area contributed by atoms with Gasteiger partial charge in [-0.25, -0.2) is 0 Å². The van der Waals surface area contributed by atoms with Crippen LogP contribution in [0.25, 0.3) is 0 Å². The van der Waals surface area contributed by atoms with Crippen molar-refractivity contribution < 1.29 is 19.4 Å². The minimum absolute atomic E-state index is 0.00739. The number of likely N-dealkylation sites (tertiary alicyclic amines) is 1. The number of aryl methyl sites for hydroxylation is 1. The maximum atomic E-state index is 13.2. The van der Waals surface area contributed by atoms with Crippen molar-refractivity contribution in [3.8, 4) is 5.75 Å². The summed E-state index contributed by atoms with van der Waals surface area (Å²) in [5.41, 5.74) is 2.93. The summed E-state index contributed by atoms with van der Waals surface area (Å²) in [6.07, 6.45) is 1.11. The summed E-state index contributed by atoms with van der Waals surface area (Å²) in [6, 6.07) is 16.0. The number of aliphatic hydroxyl groups is 1. The van der Waals surface area contributed by atoms with Crippen LogP contribution in [-0.4, -0.2) is 52.5 Å². The van der Waals surface area contributed by atoms with Crippen LogP contribution in [0.2, 0.25) is 0 Å². The second-order valence-corrected chi connectivity index (χ2v) is 9.06. The van der Waals surface area contributed by atoms with Gasteiger partial charge in [0.1, 0.15) is 12.4 Å². The third kappa shape index (κ3) is 4.96. The average Bonchev–Trinajstić information content (AvgIpc) is 3.06. The number of benzene rings is 2. The van der Waals surface area contributed by atoms with Crippen LogP contribution < -0.4 is 4.74 Å². The fraction of sp³-hybridized carbons (Fsp3) is 0.462. The lowest BCUT2D eigenvalue weighted by Gasteiger charge is -2.25. The topological polar surface area (TPSA) is 70.1 Å². The van der Waals surface area contributed by atoms with E-state index < -0.39 is 6.10 Å². The molecule has 2 aromatic rings. The number of rotatable bonds is 6. The van der Waals surface area contributed by atoms with Crippen molar-refractivity contribution in [1.82, 2.24) is 9.80 Å². The van der Waals surface area contributed by atoms with E-state index in [1.807, 2.05) is 50.2 Å².